The standard InChI is InChI=1S/C14H21F2NO3S/c1-3-14(4-2,7-8-18)10-17-21(19,20)13-6-5-11(15)9-12(13)16/h5-6,9,17-18H,3-4,7-8,10H2,1-2H3. The van der Waals surface area contributed by atoms with Gasteiger partial charge in [0.25, 0.3) is 0 Å². The maximum absolute atomic E-state index is 13.6. The van der Waals surface area contributed by atoms with E-state index >= 15 is 0 Å². The van der Waals surface area contributed by atoms with Crippen LogP contribution in [0.15, 0.2) is 23.1 Å². The molecule has 1 rings (SSSR count). The van der Waals surface area contributed by atoms with E-state index in [0.29, 0.717) is 25.3 Å². The average molecular weight is 321 g/mol. The van der Waals surface area contributed by atoms with E-state index in [1.54, 1.807) is 0 Å². The molecule has 0 unspecified atom stereocenters. The molecule has 0 radical (unpaired) electrons. The van der Waals surface area contributed by atoms with Crippen molar-refractivity contribution >= 4 is 10.0 Å². The summed E-state index contributed by atoms with van der Waals surface area (Å²) >= 11 is 0. The second kappa shape index (κ2) is 7.29. The Morgan fingerprint density at radius 2 is 1.86 bits per heavy atom. The van der Waals surface area contributed by atoms with Gasteiger partial charge in [-0.25, -0.2) is 21.9 Å². The Morgan fingerprint density at radius 3 is 2.33 bits per heavy atom. The van der Waals surface area contributed by atoms with Crippen molar-refractivity contribution in [2.75, 3.05) is 13.2 Å². The molecule has 0 saturated carbocycles. The van der Waals surface area contributed by atoms with E-state index < -0.39 is 26.6 Å². The molecule has 0 fully saturated rings. The number of aliphatic hydroxyl groups excluding tert-OH is 1. The molecule has 0 spiro atoms. The number of aliphatic hydroxyl groups is 1. The maximum Gasteiger partial charge on any atom is 0.243 e. The van der Waals surface area contributed by atoms with Crippen molar-refractivity contribution < 1.29 is 22.3 Å². The fourth-order valence-corrected chi connectivity index (χ4v) is 3.41. The van der Waals surface area contributed by atoms with Crippen molar-refractivity contribution in [1.82, 2.24) is 4.72 Å². The predicted octanol–water partition coefficient (Wildman–Crippen LogP) is 2.43. The maximum atomic E-state index is 13.6. The van der Waals surface area contributed by atoms with Gasteiger partial charge in [0.05, 0.1) is 0 Å². The molecule has 2 N–H and O–H groups in total. The normalized spacial score (nSPS) is 12.6. The predicted molar refractivity (Wildman–Crippen MR) is 76.3 cm³/mol. The van der Waals surface area contributed by atoms with Crippen LogP contribution in [0.4, 0.5) is 8.78 Å². The van der Waals surface area contributed by atoms with Gasteiger partial charge in [-0.05, 0) is 36.8 Å². The number of hydrogen-bond acceptors (Lipinski definition) is 3. The van der Waals surface area contributed by atoms with Gasteiger partial charge in [0.2, 0.25) is 10.0 Å². The summed E-state index contributed by atoms with van der Waals surface area (Å²) in [4.78, 5) is -0.575. The van der Waals surface area contributed by atoms with Crippen LogP contribution in [-0.2, 0) is 10.0 Å². The zero-order valence-corrected chi connectivity index (χ0v) is 13.0. The monoisotopic (exact) mass is 321 g/mol. The molecule has 0 aliphatic rings. The Bertz CT molecular complexity index is 572. The van der Waals surface area contributed by atoms with Crippen LogP contribution in [0, 0.1) is 17.0 Å². The fraction of sp³-hybridized carbons (Fsp3) is 0.571. The molecule has 7 heteroatoms. The van der Waals surface area contributed by atoms with Crippen LogP contribution in [-0.4, -0.2) is 26.7 Å². The van der Waals surface area contributed by atoms with E-state index in [-0.39, 0.29) is 18.6 Å². The van der Waals surface area contributed by atoms with Crippen LogP contribution in [0.2, 0.25) is 0 Å². The lowest BCUT2D eigenvalue weighted by Crippen LogP contribution is -2.38. The summed E-state index contributed by atoms with van der Waals surface area (Å²) in [6.07, 6.45) is 1.81. The first kappa shape index (κ1) is 18.0. The van der Waals surface area contributed by atoms with Gasteiger partial charge in [0, 0.05) is 19.2 Å². The van der Waals surface area contributed by atoms with Crippen LogP contribution < -0.4 is 4.72 Å². The highest BCUT2D eigenvalue weighted by molar-refractivity contribution is 7.89. The van der Waals surface area contributed by atoms with Crippen molar-refractivity contribution in [3.8, 4) is 0 Å². The molecule has 1 aromatic rings. The first-order valence-corrected chi connectivity index (χ1v) is 8.34. The Morgan fingerprint density at radius 1 is 1.24 bits per heavy atom. The molecule has 4 nitrogen and oxygen atoms in total. The van der Waals surface area contributed by atoms with Crippen LogP contribution in [0.3, 0.4) is 0 Å². The Labute approximate surface area is 124 Å². The van der Waals surface area contributed by atoms with Crippen LogP contribution in [0.1, 0.15) is 33.1 Å². The summed E-state index contributed by atoms with van der Waals surface area (Å²) in [5, 5.41) is 9.11. The first-order valence-electron chi connectivity index (χ1n) is 6.86. The third kappa shape index (κ3) is 4.46. The average Bonchev–Trinajstić information content (AvgIpc) is 2.43. The van der Waals surface area contributed by atoms with E-state index in [4.69, 9.17) is 5.11 Å². The summed E-state index contributed by atoms with van der Waals surface area (Å²) < 4.78 is 53.0. The summed E-state index contributed by atoms with van der Waals surface area (Å²) in [6.45, 7) is 3.87. The zero-order valence-electron chi connectivity index (χ0n) is 12.2. The number of benzene rings is 1. The smallest absolute Gasteiger partial charge is 0.243 e. The van der Waals surface area contributed by atoms with Gasteiger partial charge >= 0.3 is 0 Å². The summed E-state index contributed by atoms with van der Waals surface area (Å²) in [7, 11) is -4.05. The molecule has 0 heterocycles. The Kier molecular flexibility index (Phi) is 6.24. The molecule has 0 atom stereocenters. The van der Waals surface area contributed by atoms with Crippen LogP contribution >= 0.6 is 0 Å². The third-order valence-electron chi connectivity index (χ3n) is 3.96. The van der Waals surface area contributed by atoms with Crippen LogP contribution in [0.5, 0.6) is 0 Å². The highest BCUT2D eigenvalue weighted by Crippen LogP contribution is 2.30. The van der Waals surface area contributed by atoms with Crippen molar-refractivity contribution in [3.05, 3.63) is 29.8 Å². The van der Waals surface area contributed by atoms with Gasteiger partial charge in [0.1, 0.15) is 16.5 Å². The fourth-order valence-electron chi connectivity index (χ4n) is 2.20. The molecule has 0 aliphatic heterocycles. The number of hydrogen-bond donors (Lipinski definition) is 2. The highest BCUT2D eigenvalue weighted by Gasteiger charge is 2.29. The lowest BCUT2D eigenvalue weighted by atomic mass is 9.80. The number of rotatable bonds is 8. The van der Waals surface area contributed by atoms with Gasteiger partial charge in [-0.3, -0.25) is 0 Å². The number of sulfonamides is 1. The second-order valence-electron chi connectivity index (χ2n) is 5.08. The molecule has 0 bridgehead atoms. The minimum absolute atomic E-state index is 0.0473. The summed E-state index contributed by atoms with van der Waals surface area (Å²) in [5.74, 6) is -1.95. The molecule has 21 heavy (non-hydrogen) atoms. The minimum atomic E-state index is -4.05. The van der Waals surface area contributed by atoms with Gasteiger partial charge in [-0.2, -0.15) is 0 Å². The lowest BCUT2D eigenvalue weighted by molar-refractivity contribution is 0.170. The minimum Gasteiger partial charge on any atom is -0.396 e. The molecular weight excluding hydrogens is 300 g/mol. The molecule has 0 saturated heterocycles. The first-order chi connectivity index (χ1) is 9.80. The highest BCUT2D eigenvalue weighted by atomic mass is 32.2. The van der Waals surface area contributed by atoms with Gasteiger partial charge in [0.15, 0.2) is 0 Å². The van der Waals surface area contributed by atoms with Gasteiger partial charge < -0.3 is 5.11 Å². The van der Waals surface area contributed by atoms with Gasteiger partial charge in [-0.15, -0.1) is 0 Å². The molecule has 0 aliphatic carbocycles. The summed E-state index contributed by atoms with van der Waals surface area (Å²) in [6, 6.07) is 2.34. The molecule has 120 valence electrons. The largest absolute Gasteiger partial charge is 0.396 e. The summed E-state index contributed by atoms with van der Waals surface area (Å²) in [5.41, 5.74) is -0.377. The topological polar surface area (TPSA) is 66.4 Å². The zero-order chi connectivity index (χ0) is 16.1. The van der Waals surface area contributed by atoms with Gasteiger partial charge in [-0.1, -0.05) is 13.8 Å². The van der Waals surface area contributed by atoms with Crippen LogP contribution in [0.25, 0.3) is 0 Å². The quantitative estimate of drug-likeness (QED) is 0.773. The van der Waals surface area contributed by atoms with Crippen molar-refractivity contribution in [1.29, 1.82) is 0 Å². The Hall–Kier alpha value is -1.05. The Balaban J connectivity index is 2.94. The number of halogens is 2. The molecule has 0 aromatic heterocycles. The second-order valence-corrected chi connectivity index (χ2v) is 6.82. The van der Waals surface area contributed by atoms with E-state index in [1.807, 2.05) is 13.8 Å². The van der Waals surface area contributed by atoms with Crippen molar-refractivity contribution in [3.63, 3.8) is 0 Å². The SMILES string of the molecule is CCC(CC)(CCO)CNS(=O)(=O)c1ccc(F)cc1F. The lowest BCUT2D eigenvalue weighted by Gasteiger charge is -2.31. The van der Waals surface area contributed by atoms with E-state index in [9.17, 15) is 17.2 Å². The van der Waals surface area contributed by atoms with Crippen molar-refractivity contribution in [2.24, 2.45) is 5.41 Å². The molecule has 1 aromatic carbocycles. The van der Waals surface area contributed by atoms with E-state index in [1.165, 1.54) is 0 Å². The molecule has 0 amide bonds. The number of nitrogens with one attached hydrogen (secondary N) is 1. The third-order valence-corrected chi connectivity index (χ3v) is 5.40. The molecular formula is C14H21F2NO3S. The van der Waals surface area contributed by atoms with Crippen molar-refractivity contribution in [2.45, 2.75) is 38.0 Å². The van der Waals surface area contributed by atoms with E-state index in [2.05, 4.69) is 4.72 Å². The van der Waals surface area contributed by atoms with E-state index in [0.717, 1.165) is 12.1 Å².